The quantitative estimate of drug-likeness (QED) is 0.479. The van der Waals surface area contributed by atoms with Gasteiger partial charge in [-0.2, -0.15) is 5.10 Å². The van der Waals surface area contributed by atoms with Crippen LogP contribution in [0.4, 0.5) is 0 Å². The molecule has 0 saturated heterocycles. The molecular formula is C23H43N5O2. The molecule has 0 spiro atoms. The second-order valence-corrected chi connectivity index (χ2v) is 9.19. The van der Waals surface area contributed by atoms with Crippen LogP contribution in [0.1, 0.15) is 69.5 Å². The number of carbonyl (C=O) groups is 1. The van der Waals surface area contributed by atoms with Gasteiger partial charge in [-0.25, -0.2) is 0 Å². The van der Waals surface area contributed by atoms with E-state index in [9.17, 15) is 4.79 Å². The van der Waals surface area contributed by atoms with Crippen molar-refractivity contribution in [2.45, 2.75) is 70.9 Å². The van der Waals surface area contributed by atoms with Crippen molar-refractivity contribution in [3.8, 4) is 0 Å². The number of carbonyl (C=O) groups excluding carboxylic acids is 1. The summed E-state index contributed by atoms with van der Waals surface area (Å²) in [5, 5.41) is 10.8. The zero-order valence-electron chi connectivity index (χ0n) is 19.7. The van der Waals surface area contributed by atoms with E-state index in [1.54, 1.807) is 7.11 Å². The number of aromatic nitrogens is 2. The van der Waals surface area contributed by atoms with Gasteiger partial charge < -0.3 is 19.9 Å². The highest BCUT2D eigenvalue weighted by molar-refractivity contribution is 5.76. The average Bonchev–Trinajstić information content (AvgIpc) is 3.18. The van der Waals surface area contributed by atoms with Gasteiger partial charge in [0.15, 0.2) is 0 Å². The van der Waals surface area contributed by atoms with E-state index < -0.39 is 0 Å². The van der Waals surface area contributed by atoms with Crippen molar-refractivity contribution >= 4 is 5.91 Å². The maximum Gasteiger partial charge on any atom is 0.222 e. The first-order valence-corrected chi connectivity index (χ1v) is 11.6. The Hall–Kier alpha value is -1.44. The highest BCUT2D eigenvalue weighted by Crippen LogP contribution is 2.36. The lowest BCUT2D eigenvalue weighted by atomic mass is 9.82. The third kappa shape index (κ3) is 7.67. The molecular weight excluding hydrogens is 378 g/mol. The maximum atomic E-state index is 12.9. The molecule has 0 atom stereocenters. The predicted octanol–water partition coefficient (Wildman–Crippen LogP) is 3.00. The molecule has 0 bridgehead atoms. The van der Waals surface area contributed by atoms with Crippen molar-refractivity contribution < 1.29 is 9.53 Å². The third-order valence-corrected chi connectivity index (χ3v) is 6.10. The number of likely N-dealkylation sites (N-methyl/N-ethyl adjacent to an activating group) is 2. The van der Waals surface area contributed by atoms with E-state index in [2.05, 4.69) is 46.2 Å². The number of methoxy groups -OCH3 is 1. The van der Waals surface area contributed by atoms with Crippen LogP contribution in [-0.2, 0) is 16.1 Å². The van der Waals surface area contributed by atoms with E-state index >= 15 is 0 Å². The summed E-state index contributed by atoms with van der Waals surface area (Å²) in [7, 11) is 5.84. The van der Waals surface area contributed by atoms with E-state index in [-0.39, 0.29) is 5.91 Å². The zero-order valence-corrected chi connectivity index (χ0v) is 19.7. The van der Waals surface area contributed by atoms with Crippen LogP contribution in [0.3, 0.4) is 0 Å². The number of rotatable bonds is 13. The first kappa shape index (κ1) is 24.8. The topological polar surface area (TPSA) is 73.5 Å². The van der Waals surface area contributed by atoms with Gasteiger partial charge in [0.1, 0.15) is 0 Å². The van der Waals surface area contributed by atoms with Gasteiger partial charge >= 0.3 is 0 Å². The predicted molar refractivity (Wildman–Crippen MR) is 122 cm³/mol. The molecule has 1 amide bonds. The van der Waals surface area contributed by atoms with Gasteiger partial charge in [-0.15, -0.1) is 0 Å². The van der Waals surface area contributed by atoms with Crippen LogP contribution in [0, 0.1) is 5.92 Å². The summed E-state index contributed by atoms with van der Waals surface area (Å²) in [6.45, 7) is 8.82. The maximum absolute atomic E-state index is 12.9. The number of hydrogen-bond donors (Lipinski definition) is 2. The average molecular weight is 422 g/mol. The number of amides is 1. The second kappa shape index (κ2) is 13.1. The summed E-state index contributed by atoms with van der Waals surface area (Å²) in [6, 6.07) is 0.364. The van der Waals surface area contributed by atoms with E-state index in [1.165, 1.54) is 11.3 Å². The lowest BCUT2D eigenvalue weighted by Gasteiger charge is -2.38. The lowest BCUT2D eigenvalue weighted by Crippen LogP contribution is -2.44. The molecule has 7 heteroatoms. The summed E-state index contributed by atoms with van der Waals surface area (Å²) < 4.78 is 5.13. The van der Waals surface area contributed by atoms with Gasteiger partial charge in [0.25, 0.3) is 0 Å². The van der Waals surface area contributed by atoms with Gasteiger partial charge in [-0.1, -0.05) is 13.8 Å². The van der Waals surface area contributed by atoms with Crippen LogP contribution in [0.5, 0.6) is 0 Å². The Kier molecular flexibility index (Phi) is 10.8. The highest BCUT2D eigenvalue weighted by Gasteiger charge is 2.31. The number of nitrogens with one attached hydrogen (secondary N) is 2. The zero-order chi connectivity index (χ0) is 21.9. The Morgan fingerprint density at radius 2 is 2.07 bits per heavy atom. The Morgan fingerprint density at radius 3 is 2.70 bits per heavy atom. The molecule has 1 fully saturated rings. The SMILES string of the molecule is CNCCN(C)Cc1cn[nH]c1C1CCC(N(CC(C)C)C(=O)CCCOC)CC1. The molecule has 172 valence electrons. The molecule has 0 radical (unpaired) electrons. The van der Waals surface area contributed by atoms with Crippen molar-refractivity contribution in [1.82, 2.24) is 25.3 Å². The van der Waals surface area contributed by atoms with Crippen LogP contribution in [-0.4, -0.2) is 79.4 Å². The summed E-state index contributed by atoms with van der Waals surface area (Å²) in [6.07, 6.45) is 7.74. The Morgan fingerprint density at radius 1 is 1.33 bits per heavy atom. The normalized spacial score (nSPS) is 19.6. The molecule has 0 aromatic carbocycles. The first-order chi connectivity index (χ1) is 14.5. The van der Waals surface area contributed by atoms with Gasteiger partial charge in [-0.3, -0.25) is 9.89 Å². The fourth-order valence-corrected chi connectivity index (χ4v) is 4.51. The minimum absolute atomic E-state index is 0.289. The Bertz CT molecular complexity index is 610. The minimum Gasteiger partial charge on any atom is -0.385 e. The second-order valence-electron chi connectivity index (χ2n) is 9.19. The Labute approximate surface area is 182 Å². The molecule has 1 saturated carbocycles. The highest BCUT2D eigenvalue weighted by atomic mass is 16.5. The number of nitrogens with zero attached hydrogens (tertiary/aromatic N) is 3. The van der Waals surface area contributed by atoms with Crippen LogP contribution < -0.4 is 5.32 Å². The van der Waals surface area contributed by atoms with E-state index in [0.717, 1.165) is 58.3 Å². The van der Waals surface area contributed by atoms with Crippen molar-refractivity contribution in [2.24, 2.45) is 5.92 Å². The van der Waals surface area contributed by atoms with E-state index in [4.69, 9.17) is 4.74 Å². The molecule has 30 heavy (non-hydrogen) atoms. The van der Waals surface area contributed by atoms with Crippen LogP contribution >= 0.6 is 0 Å². The lowest BCUT2D eigenvalue weighted by molar-refractivity contribution is -0.135. The van der Waals surface area contributed by atoms with Crippen molar-refractivity contribution in [3.63, 3.8) is 0 Å². The molecule has 1 aliphatic carbocycles. The number of aromatic amines is 1. The number of H-pyrrole nitrogens is 1. The Balaban J connectivity index is 1.94. The molecule has 1 heterocycles. The summed E-state index contributed by atoms with van der Waals surface area (Å²) in [5.41, 5.74) is 2.61. The fourth-order valence-electron chi connectivity index (χ4n) is 4.51. The van der Waals surface area contributed by atoms with Crippen LogP contribution in [0.2, 0.25) is 0 Å². The fraction of sp³-hybridized carbons (Fsp3) is 0.826. The largest absolute Gasteiger partial charge is 0.385 e. The van der Waals surface area contributed by atoms with Gasteiger partial charge in [-0.05, 0) is 52.1 Å². The molecule has 1 aromatic rings. The first-order valence-electron chi connectivity index (χ1n) is 11.6. The minimum atomic E-state index is 0.289. The standard InChI is InChI=1S/C23H43N5O2/c1-18(2)16-28(22(29)7-6-14-30-5)21-10-8-19(9-11-21)23-20(15-25-26-23)17-27(4)13-12-24-3/h15,18-19,21,24H,6-14,16-17H2,1-5H3,(H,25,26). The molecule has 2 rings (SSSR count). The molecule has 0 unspecified atom stereocenters. The van der Waals surface area contributed by atoms with Crippen molar-refractivity contribution in [1.29, 1.82) is 0 Å². The summed E-state index contributed by atoms with van der Waals surface area (Å²) in [5.74, 6) is 1.29. The van der Waals surface area contributed by atoms with E-state index in [1.807, 2.05) is 13.2 Å². The van der Waals surface area contributed by atoms with Crippen molar-refractivity contribution in [2.75, 3.05) is 47.4 Å². The molecule has 1 aromatic heterocycles. The third-order valence-electron chi connectivity index (χ3n) is 6.10. The van der Waals surface area contributed by atoms with Gasteiger partial charge in [0, 0.05) is 69.5 Å². The molecule has 7 nitrogen and oxygen atoms in total. The molecule has 1 aliphatic rings. The van der Waals surface area contributed by atoms with Crippen LogP contribution in [0.15, 0.2) is 6.20 Å². The summed E-state index contributed by atoms with van der Waals surface area (Å²) >= 11 is 0. The smallest absolute Gasteiger partial charge is 0.222 e. The van der Waals surface area contributed by atoms with Gasteiger partial charge in [0.2, 0.25) is 5.91 Å². The van der Waals surface area contributed by atoms with Gasteiger partial charge in [0.05, 0.1) is 6.20 Å². The number of ether oxygens (including phenoxy) is 1. The number of hydrogen-bond acceptors (Lipinski definition) is 5. The molecule has 2 N–H and O–H groups in total. The monoisotopic (exact) mass is 421 g/mol. The summed E-state index contributed by atoms with van der Waals surface area (Å²) in [4.78, 5) is 17.4. The molecule has 0 aliphatic heterocycles. The van der Waals surface area contributed by atoms with Crippen molar-refractivity contribution in [3.05, 3.63) is 17.5 Å². The van der Waals surface area contributed by atoms with E-state index in [0.29, 0.717) is 30.9 Å². The van der Waals surface area contributed by atoms with Crippen LogP contribution in [0.25, 0.3) is 0 Å².